The molecule has 0 bridgehead atoms. The fourth-order valence-corrected chi connectivity index (χ4v) is 1.93. The molecule has 0 saturated heterocycles. The second kappa shape index (κ2) is 4.82. The van der Waals surface area contributed by atoms with Crippen molar-refractivity contribution in [2.24, 2.45) is 0 Å². The van der Waals surface area contributed by atoms with E-state index in [2.05, 4.69) is 15.1 Å². The summed E-state index contributed by atoms with van der Waals surface area (Å²) in [4.78, 5) is 19.2. The molecule has 0 unspecified atom stereocenters. The average molecular weight is 288 g/mol. The third-order valence-corrected chi connectivity index (χ3v) is 2.92. The third-order valence-electron chi connectivity index (χ3n) is 2.92. The number of carbonyl (C=O) groups is 1. The van der Waals surface area contributed by atoms with Crippen molar-refractivity contribution in [3.8, 4) is 17.0 Å². The van der Waals surface area contributed by atoms with Gasteiger partial charge in [0.05, 0.1) is 12.8 Å². The average Bonchev–Trinajstić information content (AvgIpc) is 2.94. The molecule has 7 nitrogen and oxygen atoms in total. The van der Waals surface area contributed by atoms with Crippen LogP contribution in [0.25, 0.3) is 17.0 Å². The molecule has 106 valence electrons. The van der Waals surface area contributed by atoms with Gasteiger partial charge in [-0.3, -0.25) is 0 Å². The molecule has 0 aliphatic carbocycles. The van der Waals surface area contributed by atoms with E-state index in [9.17, 15) is 14.3 Å². The van der Waals surface area contributed by atoms with Crippen molar-refractivity contribution < 1.29 is 19.0 Å². The Labute approximate surface area is 117 Å². The number of rotatable bonds is 3. The number of nitrogens with zero attached hydrogens (tertiary/aromatic N) is 4. The van der Waals surface area contributed by atoms with E-state index in [-0.39, 0.29) is 22.7 Å². The lowest BCUT2D eigenvalue weighted by atomic mass is 10.1. The monoisotopic (exact) mass is 288 g/mol. The first-order valence-electron chi connectivity index (χ1n) is 5.88. The highest BCUT2D eigenvalue weighted by molar-refractivity contribution is 5.87. The van der Waals surface area contributed by atoms with Crippen LogP contribution in [0.3, 0.4) is 0 Å². The van der Waals surface area contributed by atoms with E-state index in [0.29, 0.717) is 5.75 Å². The van der Waals surface area contributed by atoms with E-state index >= 15 is 0 Å². The number of carboxylic acids is 1. The predicted octanol–water partition coefficient (Wildman–Crippen LogP) is 1.64. The maximum absolute atomic E-state index is 14.1. The SMILES string of the molecule is COc1ccc(-c2cc(C(=O)O)n3ncnc3n2)c(F)c1. The van der Waals surface area contributed by atoms with Gasteiger partial charge in [0.15, 0.2) is 5.69 Å². The molecule has 2 heterocycles. The smallest absolute Gasteiger partial charge is 0.354 e. The number of fused-ring (bicyclic) bond motifs is 1. The first kappa shape index (κ1) is 13.0. The number of halogens is 1. The van der Waals surface area contributed by atoms with E-state index < -0.39 is 11.8 Å². The Morgan fingerprint density at radius 2 is 2.19 bits per heavy atom. The number of aromatic carboxylic acids is 1. The quantitative estimate of drug-likeness (QED) is 0.788. The molecule has 0 fully saturated rings. The summed E-state index contributed by atoms with van der Waals surface area (Å²) in [5, 5.41) is 13.0. The highest BCUT2D eigenvalue weighted by atomic mass is 19.1. The van der Waals surface area contributed by atoms with Gasteiger partial charge in [0.2, 0.25) is 0 Å². The minimum absolute atomic E-state index is 0.0834. The third kappa shape index (κ3) is 2.16. The highest BCUT2D eigenvalue weighted by Crippen LogP contribution is 2.25. The molecule has 1 aromatic carbocycles. The van der Waals surface area contributed by atoms with E-state index in [1.807, 2.05) is 0 Å². The molecule has 21 heavy (non-hydrogen) atoms. The van der Waals surface area contributed by atoms with Crippen molar-refractivity contribution >= 4 is 11.7 Å². The molecular weight excluding hydrogens is 279 g/mol. The van der Waals surface area contributed by atoms with Gasteiger partial charge in [-0.05, 0) is 18.2 Å². The zero-order valence-electron chi connectivity index (χ0n) is 10.8. The van der Waals surface area contributed by atoms with Gasteiger partial charge in [0, 0.05) is 11.6 Å². The van der Waals surface area contributed by atoms with E-state index in [4.69, 9.17) is 4.74 Å². The second-order valence-corrected chi connectivity index (χ2v) is 4.15. The summed E-state index contributed by atoms with van der Waals surface area (Å²) in [6.45, 7) is 0. The molecule has 0 aliphatic rings. The van der Waals surface area contributed by atoms with Crippen molar-refractivity contribution in [2.75, 3.05) is 7.11 Å². The Morgan fingerprint density at radius 1 is 1.38 bits per heavy atom. The fourth-order valence-electron chi connectivity index (χ4n) is 1.93. The number of methoxy groups -OCH3 is 1. The molecule has 0 saturated carbocycles. The van der Waals surface area contributed by atoms with Gasteiger partial charge in [-0.1, -0.05) is 0 Å². The van der Waals surface area contributed by atoms with Crippen molar-refractivity contribution in [3.05, 3.63) is 42.1 Å². The molecule has 0 radical (unpaired) electrons. The Morgan fingerprint density at radius 3 is 2.86 bits per heavy atom. The van der Waals surface area contributed by atoms with Gasteiger partial charge in [-0.2, -0.15) is 14.6 Å². The summed E-state index contributed by atoms with van der Waals surface area (Å²) < 4.78 is 20.1. The molecule has 0 aliphatic heterocycles. The molecule has 0 amide bonds. The molecule has 3 rings (SSSR count). The fraction of sp³-hybridized carbons (Fsp3) is 0.0769. The minimum Gasteiger partial charge on any atom is -0.497 e. The topological polar surface area (TPSA) is 89.6 Å². The summed E-state index contributed by atoms with van der Waals surface area (Å²) in [5.74, 6) is -1.33. The maximum atomic E-state index is 14.1. The predicted molar refractivity (Wildman–Crippen MR) is 69.7 cm³/mol. The van der Waals surface area contributed by atoms with Gasteiger partial charge >= 0.3 is 5.97 Å². The van der Waals surface area contributed by atoms with Crippen LogP contribution in [0.2, 0.25) is 0 Å². The molecule has 8 heteroatoms. The number of hydrogen-bond acceptors (Lipinski definition) is 5. The lowest BCUT2D eigenvalue weighted by Gasteiger charge is -2.07. The zero-order valence-corrected chi connectivity index (χ0v) is 10.8. The maximum Gasteiger partial charge on any atom is 0.354 e. The van der Waals surface area contributed by atoms with E-state index in [1.165, 1.54) is 31.6 Å². The lowest BCUT2D eigenvalue weighted by molar-refractivity contribution is 0.0687. The summed E-state index contributed by atoms with van der Waals surface area (Å²) in [5.41, 5.74) is 0.166. The van der Waals surface area contributed by atoms with Crippen LogP contribution in [-0.4, -0.2) is 37.8 Å². The van der Waals surface area contributed by atoms with E-state index in [1.54, 1.807) is 6.07 Å². The van der Waals surface area contributed by atoms with Crippen molar-refractivity contribution in [1.82, 2.24) is 19.6 Å². The van der Waals surface area contributed by atoms with Gasteiger partial charge in [-0.25, -0.2) is 14.2 Å². The summed E-state index contributed by atoms with van der Waals surface area (Å²) in [7, 11) is 1.43. The molecule has 0 spiro atoms. The summed E-state index contributed by atoms with van der Waals surface area (Å²) in [6.07, 6.45) is 1.18. The van der Waals surface area contributed by atoms with Crippen molar-refractivity contribution in [2.45, 2.75) is 0 Å². The number of ether oxygens (including phenoxy) is 1. The van der Waals surface area contributed by atoms with Crippen LogP contribution in [0.15, 0.2) is 30.6 Å². The number of benzene rings is 1. The van der Waals surface area contributed by atoms with Gasteiger partial charge in [-0.15, -0.1) is 0 Å². The van der Waals surface area contributed by atoms with Gasteiger partial charge < -0.3 is 9.84 Å². The standard InChI is InChI=1S/C13H9FN4O3/c1-21-7-2-3-8(9(14)4-7)10-5-11(12(19)20)18-13(17-10)15-6-16-18/h2-6H,1H3,(H,19,20). The van der Waals surface area contributed by atoms with Crippen LogP contribution in [0.4, 0.5) is 4.39 Å². The number of carboxylic acid groups (broad SMARTS) is 1. The largest absolute Gasteiger partial charge is 0.497 e. The summed E-state index contributed by atoms with van der Waals surface area (Å²) >= 11 is 0. The molecule has 1 N–H and O–H groups in total. The zero-order chi connectivity index (χ0) is 15.0. The Balaban J connectivity index is 2.23. The van der Waals surface area contributed by atoms with Gasteiger partial charge in [0.25, 0.3) is 5.78 Å². The molecule has 2 aromatic heterocycles. The second-order valence-electron chi connectivity index (χ2n) is 4.15. The van der Waals surface area contributed by atoms with Crippen LogP contribution < -0.4 is 4.74 Å². The van der Waals surface area contributed by atoms with Crippen LogP contribution >= 0.6 is 0 Å². The highest BCUT2D eigenvalue weighted by Gasteiger charge is 2.16. The van der Waals surface area contributed by atoms with Gasteiger partial charge in [0.1, 0.15) is 17.9 Å². The molecular formula is C13H9FN4O3. The van der Waals surface area contributed by atoms with Crippen molar-refractivity contribution in [3.63, 3.8) is 0 Å². The van der Waals surface area contributed by atoms with Crippen LogP contribution in [-0.2, 0) is 0 Å². The Bertz CT molecular complexity index is 847. The Kier molecular flexibility index (Phi) is 2.98. The Hall–Kier alpha value is -3.03. The minimum atomic E-state index is -1.21. The first-order chi connectivity index (χ1) is 10.1. The summed E-state index contributed by atoms with van der Waals surface area (Å²) in [6, 6.07) is 5.48. The van der Waals surface area contributed by atoms with Crippen LogP contribution in [0, 0.1) is 5.82 Å². The van der Waals surface area contributed by atoms with E-state index in [0.717, 1.165) is 4.52 Å². The lowest BCUT2D eigenvalue weighted by Crippen LogP contribution is -2.08. The van der Waals surface area contributed by atoms with Crippen molar-refractivity contribution in [1.29, 1.82) is 0 Å². The number of hydrogen-bond donors (Lipinski definition) is 1. The number of aromatic nitrogens is 4. The van der Waals surface area contributed by atoms with Crippen LogP contribution in [0.5, 0.6) is 5.75 Å². The first-order valence-corrected chi connectivity index (χ1v) is 5.88. The van der Waals surface area contributed by atoms with Crippen LogP contribution in [0.1, 0.15) is 10.5 Å². The molecule has 3 aromatic rings. The molecule has 0 atom stereocenters. The normalized spacial score (nSPS) is 10.8.